The molecule has 0 aliphatic heterocycles. The number of thioether (sulfide) groups is 1. The van der Waals surface area contributed by atoms with Crippen LogP contribution >= 0.6 is 11.8 Å². The number of nitrogens with two attached hydrogens (primary N) is 1. The van der Waals surface area contributed by atoms with Crippen LogP contribution in [0.1, 0.15) is 0 Å². The summed E-state index contributed by atoms with van der Waals surface area (Å²) in [5, 5.41) is 0. The molecule has 0 amide bonds. The fraction of sp³-hybridized carbons (Fsp3) is 1.00. The van der Waals surface area contributed by atoms with Crippen molar-refractivity contribution in [2.75, 3.05) is 31.8 Å². The first-order chi connectivity index (χ1) is 3.91. The molecule has 0 fully saturated rings. The molecule has 2 nitrogen and oxygen atoms in total. The minimum atomic E-state index is 0.772. The van der Waals surface area contributed by atoms with Crippen LogP contribution in [-0.4, -0.2) is 31.8 Å². The van der Waals surface area contributed by atoms with Gasteiger partial charge in [0, 0.05) is 25.2 Å². The molecule has 0 aromatic rings. The lowest BCUT2D eigenvalue weighted by Crippen LogP contribution is -2.03. The molecule has 0 saturated carbocycles. The van der Waals surface area contributed by atoms with Crippen LogP contribution in [0.4, 0.5) is 0 Å². The Balaban J connectivity index is 2.53. The van der Waals surface area contributed by atoms with E-state index in [4.69, 9.17) is 10.5 Å². The molecule has 0 aromatic carbocycles. The van der Waals surface area contributed by atoms with Crippen molar-refractivity contribution in [3.63, 3.8) is 0 Å². The van der Waals surface area contributed by atoms with Gasteiger partial charge in [-0.15, -0.1) is 0 Å². The van der Waals surface area contributed by atoms with Crippen LogP contribution in [0, 0.1) is 0 Å². The molecule has 0 spiro atoms. The number of methoxy groups -OCH3 is 1. The third-order valence-corrected chi connectivity index (χ3v) is 1.67. The highest BCUT2D eigenvalue weighted by Gasteiger charge is 1.83. The summed E-state index contributed by atoms with van der Waals surface area (Å²) in [4.78, 5) is 0. The Morgan fingerprint density at radius 3 is 2.75 bits per heavy atom. The van der Waals surface area contributed by atoms with Gasteiger partial charge in [-0.3, -0.25) is 0 Å². The maximum absolute atomic E-state index is 5.25. The Morgan fingerprint density at radius 2 is 2.25 bits per heavy atom. The van der Waals surface area contributed by atoms with Crippen LogP contribution in [0.25, 0.3) is 0 Å². The molecule has 0 saturated heterocycles. The van der Waals surface area contributed by atoms with E-state index in [0.29, 0.717) is 0 Å². The second-order valence-electron chi connectivity index (χ2n) is 1.39. The molecule has 0 aromatic heterocycles. The van der Waals surface area contributed by atoms with Crippen LogP contribution in [0.2, 0.25) is 0 Å². The van der Waals surface area contributed by atoms with Gasteiger partial charge in [0.15, 0.2) is 0 Å². The molecular weight excluding hydrogens is 122 g/mol. The number of hydrogen-bond donors (Lipinski definition) is 1. The Morgan fingerprint density at radius 1 is 1.50 bits per heavy atom. The van der Waals surface area contributed by atoms with Crippen LogP contribution in [0.5, 0.6) is 0 Å². The summed E-state index contributed by atoms with van der Waals surface area (Å²) >= 11 is 1.83. The van der Waals surface area contributed by atoms with Crippen molar-refractivity contribution in [3.8, 4) is 0 Å². The maximum atomic E-state index is 5.25. The lowest BCUT2D eigenvalue weighted by atomic mass is 10.8. The third-order valence-electron chi connectivity index (χ3n) is 0.694. The molecule has 0 rings (SSSR count). The van der Waals surface area contributed by atoms with Crippen LogP contribution in [0.3, 0.4) is 0 Å². The van der Waals surface area contributed by atoms with Gasteiger partial charge < -0.3 is 10.5 Å². The average molecular weight is 135 g/mol. The highest BCUT2D eigenvalue weighted by molar-refractivity contribution is 7.99. The van der Waals surface area contributed by atoms with Crippen molar-refractivity contribution >= 4 is 11.8 Å². The maximum Gasteiger partial charge on any atom is 0.0552 e. The molecular formula is C5H13NOS. The van der Waals surface area contributed by atoms with Crippen molar-refractivity contribution < 1.29 is 4.74 Å². The molecule has 2 N–H and O–H groups in total. The van der Waals surface area contributed by atoms with Gasteiger partial charge in [-0.25, -0.2) is 0 Å². The molecule has 0 aliphatic rings. The molecule has 0 aliphatic carbocycles. The van der Waals surface area contributed by atoms with E-state index in [1.807, 2.05) is 11.8 Å². The summed E-state index contributed by atoms with van der Waals surface area (Å²) in [7, 11) is 1.71. The molecule has 0 atom stereocenters. The summed E-state index contributed by atoms with van der Waals surface area (Å²) in [5.41, 5.74) is 5.25. The zero-order valence-electron chi connectivity index (χ0n) is 5.22. The van der Waals surface area contributed by atoms with Gasteiger partial charge in [0.1, 0.15) is 0 Å². The lowest BCUT2D eigenvalue weighted by Gasteiger charge is -1.95. The predicted octanol–water partition coefficient (Wildman–Crippen LogP) is 0.325. The minimum Gasteiger partial charge on any atom is -0.384 e. The van der Waals surface area contributed by atoms with Crippen molar-refractivity contribution in [1.29, 1.82) is 0 Å². The average Bonchev–Trinajstić information content (AvgIpc) is 1.81. The zero-order valence-corrected chi connectivity index (χ0v) is 6.04. The van der Waals surface area contributed by atoms with Gasteiger partial charge in [0.2, 0.25) is 0 Å². The first-order valence-corrected chi connectivity index (χ1v) is 3.84. The van der Waals surface area contributed by atoms with E-state index in [1.165, 1.54) is 0 Å². The summed E-state index contributed by atoms with van der Waals surface area (Å²) < 4.78 is 4.83. The summed E-state index contributed by atoms with van der Waals surface area (Å²) in [5.74, 6) is 2.11. The summed E-state index contributed by atoms with van der Waals surface area (Å²) in [6.07, 6.45) is 0. The number of ether oxygens (including phenoxy) is 1. The Kier molecular flexibility index (Phi) is 7.52. The number of hydrogen-bond acceptors (Lipinski definition) is 3. The largest absolute Gasteiger partial charge is 0.384 e. The van der Waals surface area contributed by atoms with Gasteiger partial charge in [-0.1, -0.05) is 0 Å². The number of rotatable bonds is 5. The second kappa shape index (κ2) is 7.27. The molecule has 3 heteroatoms. The van der Waals surface area contributed by atoms with E-state index in [9.17, 15) is 0 Å². The van der Waals surface area contributed by atoms with Gasteiger partial charge in [0.05, 0.1) is 6.61 Å². The Hall–Kier alpha value is 0.270. The molecule has 0 radical (unpaired) electrons. The van der Waals surface area contributed by atoms with E-state index < -0.39 is 0 Å². The normalized spacial score (nSPS) is 9.75. The van der Waals surface area contributed by atoms with Gasteiger partial charge >= 0.3 is 0 Å². The van der Waals surface area contributed by atoms with Gasteiger partial charge in [-0.2, -0.15) is 11.8 Å². The fourth-order valence-electron chi connectivity index (χ4n) is 0.328. The van der Waals surface area contributed by atoms with Crippen molar-refractivity contribution in [2.24, 2.45) is 5.73 Å². The van der Waals surface area contributed by atoms with Gasteiger partial charge in [-0.05, 0) is 0 Å². The van der Waals surface area contributed by atoms with Crippen molar-refractivity contribution in [2.45, 2.75) is 0 Å². The highest BCUT2D eigenvalue weighted by atomic mass is 32.2. The first-order valence-electron chi connectivity index (χ1n) is 2.68. The first kappa shape index (κ1) is 8.27. The molecule has 0 bridgehead atoms. The van der Waals surface area contributed by atoms with E-state index in [-0.39, 0.29) is 0 Å². The SMILES string of the molecule is COCCSCCN. The zero-order chi connectivity index (χ0) is 6.24. The monoisotopic (exact) mass is 135 g/mol. The summed E-state index contributed by atoms with van der Waals surface area (Å²) in [6, 6.07) is 0. The fourth-order valence-corrected chi connectivity index (χ4v) is 0.983. The van der Waals surface area contributed by atoms with E-state index >= 15 is 0 Å². The van der Waals surface area contributed by atoms with E-state index in [1.54, 1.807) is 7.11 Å². The van der Waals surface area contributed by atoms with Crippen molar-refractivity contribution in [1.82, 2.24) is 0 Å². The molecule has 0 unspecified atom stereocenters. The minimum absolute atomic E-state index is 0.772. The highest BCUT2D eigenvalue weighted by Crippen LogP contribution is 1.95. The van der Waals surface area contributed by atoms with Gasteiger partial charge in [0.25, 0.3) is 0 Å². The second-order valence-corrected chi connectivity index (χ2v) is 2.62. The molecule has 0 heterocycles. The standard InChI is InChI=1S/C5H13NOS/c1-7-3-5-8-4-2-6/h2-6H2,1H3. The van der Waals surface area contributed by atoms with E-state index in [2.05, 4.69) is 0 Å². The van der Waals surface area contributed by atoms with Crippen LogP contribution in [-0.2, 0) is 4.74 Å². The summed E-state index contributed by atoms with van der Waals surface area (Å²) in [6.45, 7) is 1.61. The van der Waals surface area contributed by atoms with Crippen LogP contribution < -0.4 is 5.73 Å². The topological polar surface area (TPSA) is 35.2 Å². The predicted molar refractivity (Wildman–Crippen MR) is 38.3 cm³/mol. The lowest BCUT2D eigenvalue weighted by molar-refractivity contribution is 0.218. The molecule has 8 heavy (non-hydrogen) atoms. The quantitative estimate of drug-likeness (QED) is 0.552. The van der Waals surface area contributed by atoms with E-state index in [0.717, 1.165) is 24.7 Å². The Bertz CT molecular complexity index is 37.4. The molecule has 50 valence electrons. The van der Waals surface area contributed by atoms with Crippen LogP contribution in [0.15, 0.2) is 0 Å². The van der Waals surface area contributed by atoms with Crippen molar-refractivity contribution in [3.05, 3.63) is 0 Å². The Labute approximate surface area is 54.8 Å². The smallest absolute Gasteiger partial charge is 0.0552 e. The third kappa shape index (κ3) is 6.27.